The summed E-state index contributed by atoms with van der Waals surface area (Å²) in [6, 6.07) is 53.7. The van der Waals surface area contributed by atoms with Crippen molar-refractivity contribution in [1.29, 1.82) is 0 Å². The third kappa shape index (κ3) is 2.91. The summed E-state index contributed by atoms with van der Waals surface area (Å²) in [5, 5.41) is 10.4. The highest BCUT2D eigenvalue weighted by atomic mass is 14.3. The monoisotopic (exact) mass is 504 g/mol. The minimum absolute atomic E-state index is 1.26. The van der Waals surface area contributed by atoms with E-state index in [1.807, 2.05) is 0 Å². The highest BCUT2D eigenvalue weighted by molar-refractivity contribution is 6.31. The van der Waals surface area contributed by atoms with E-state index in [1.54, 1.807) is 0 Å². The largest absolute Gasteiger partial charge is 0.0622 e. The SMILES string of the molecule is c1ccc(-c2c3c(c(-c4ccccc4)c4cc5ccccc5cc24)-c2cc4ccccc4c4cccc-3c24)cc1. The lowest BCUT2D eigenvalue weighted by molar-refractivity contribution is 1.63. The van der Waals surface area contributed by atoms with Crippen LogP contribution in [0.4, 0.5) is 0 Å². The van der Waals surface area contributed by atoms with E-state index in [2.05, 4.69) is 146 Å². The van der Waals surface area contributed by atoms with Gasteiger partial charge in [0.15, 0.2) is 0 Å². The van der Waals surface area contributed by atoms with Crippen molar-refractivity contribution in [2.75, 3.05) is 0 Å². The van der Waals surface area contributed by atoms with Crippen molar-refractivity contribution in [1.82, 2.24) is 0 Å². The molecule has 0 amide bonds. The molecule has 0 saturated carbocycles. The minimum Gasteiger partial charge on any atom is -0.0622 e. The number of hydrogen-bond donors (Lipinski definition) is 0. The molecule has 0 aliphatic heterocycles. The lowest BCUT2D eigenvalue weighted by atomic mass is 9.81. The fourth-order valence-corrected chi connectivity index (χ4v) is 7.09. The molecule has 1 aliphatic carbocycles. The second-order valence-corrected chi connectivity index (χ2v) is 10.9. The average molecular weight is 505 g/mol. The first-order chi connectivity index (χ1) is 19.9. The van der Waals surface area contributed by atoms with Gasteiger partial charge in [0, 0.05) is 0 Å². The molecule has 0 atom stereocenters. The Kier molecular flexibility index (Phi) is 4.42. The van der Waals surface area contributed by atoms with Crippen molar-refractivity contribution in [3.8, 4) is 44.5 Å². The molecule has 0 N–H and O–H groups in total. The highest BCUT2D eigenvalue weighted by Gasteiger charge is 2.31. The van der Waals surface area contributed by atoms with Crippen LogP contribution in [0, 0.1) is 0 Å². The Morgan fingerprint density at radius 2 is 0.775 bits per heavy atom. The quantitative estimate of drug-likeness (QED) is 0.162. The van der Waals surface area contributed by atoms with Crippen LogP contribution in [0.2, 0.25) is 0 Å². The van der Waals surface area contributed by atoms with E-state index in [0.717, 1.165) is 0 Å². The standard InChI is InChI=1S/C40H24/c1-3-12-25(13-4-1)36-33-22-27-16-7-8-17-28(27)23-34(33)37(26-14-5-2-6-15-26)40-35-24-29-18-9-10-19-30(29)31-20-11-21-32(38(31)35)39(36)40/h1-24H. The molecular weight excluding hydrogens is 480 g/mol. The first-order valence-corrected chi connectivity index (χ1v) is 14.0. The highest BCUT2D eigenvalue weighted by Crippen LogP contribution is 2.58. The van der Waals surface area contributed by atoms with Crippen molar-refractivity contribution >= 4 is 43.1 Å². The van der Waals surface area contributed by atoms with Crippen LogP contribution < -0.4 is 0 Å². The van der Waals surface area contributed by atoms with Gasteiger partial charge in [-0.25, -0.2) is 0 Å². The Morgan fingerprint density at radius 3 is 1.40 bits per heavy atom. The summed E-state index contributed by atoms with van der Waals surface area (Å²) in [6.07, 6.45) is 0. The fraction of sp³-hybridized carbons (Fsp3) is 0. The van der Waals surface area contributed by atoms with Crippen LogP contribution in [0.1, 0.15) is 0 Å². The van der Waals surface area contributed by atoms with Gasteiger partial charge < -0.3 is 0 Å². The van der Waals surface area contributed by atoms with Crippen LogP contribution in [-0.4, -0.2) is 0 Å². The molecule has 1 aliphatic rings. The molecule has 40 heavy (non-hydrogen) atoms. The fourth-order valence-electron chi connectivity index (χ4n) is 7.09. The van der Waals surface area contributed by atoms with Crippen LogP contribution >= 0.6 is 0 Å². The van der Waals surface area contributed by atoms with E-state index in [-0.39, 0.29) is 0 Å². The maximum absolute atomic E-state index is 2.43. The predicted molar refractivity (Wildman–Crippen MR) is 172 cm³/mol. The normalized spacial score (nSPS) is 12.0. The van der Waals surface area contributed by atoms with Gasteiger partial charge in [-0.2, -0.15) is 0 Å². The lowest BCUT2D eigenvalue weighted by Gasteiger charge is -2.21. The van der Waals surface area contributed by atoms with Gasteiger partial charge in [0.05, 0.1) is 0 Å². The molecule has 0 spiro atoms. The number of hydrogen-bond acceptors (Lipinski definition) is 0. The summed E-state index contributed by atoms with van der Waals surface area (Å²) in [5.74, 6) is 0. The van der Waals surface area contributed by atoms with Crippen molar-refractivity contribution in [2.45, 2.75) is 0 Å². The van der Waals surface area contributed by atoms with Crippen LogP contribution in [0.5, 0.6) is 0 Å². The Hall–Kier alpha value is -5.20. The third-order valence-electron chi connectivity index (χ3n) is 8.72. The van der Waals surface area contributed by atoms with E-state index in [9.17, 15) is 0 Å². The zero-order valence-corrected chi connectivity index (χ0v) is 21.9. The van der Waals surface area contributed by atoms with E-state index in [4.69, 9.17) is 0 Å². The van der Waals surface area contributed by atoms with Gasteiger partial charge in [-0.3, -0.25) is 0 Å². The molecule has 8 aromatic carbocycles. The maximum Gasteiger partial charge on any atom is -0.000719 e. The summed E-state index contributed by atoms with van der Waals surface area (Å²) in [5.41, 5.74) is 10.5. The first-order valence-electron chi connectivity index (χ1n) is 14.0. The average Bonchev–Trinajstić information content (AvgIpc) is 3.34. The summed E-state index contributed by atoms with van der Waals surface area (Å²) in [6.45, 7) is 0. The predicted octanol–water partition coefficient (Wildman–Crippen LogP) is 11.3. The Labute approximate surface area is 232 Å². The second-order valence-electron chi connectivity index (χ2n) is 10.9. The zero-order chi connectivity index (χ0) is 26.2. The molecule has 0 nitrogen and oxygen atoms in total. The molecule has 0 heterocycles. The summed E-state index contributed by atoms with van der Waals surface area (Å²) in [7, 11) is 0. The summed E-state index contributed by atoms with van der Waals surface area (Å²) >= 11 is 0. The van der Waals surface area contributed by atoms with Crippen LogP contribution in [-0.2, 0) is 0 Å². The van der Waals surface area contributed by atoms with E-state index in [1.165, 1.54) is 87.6 Å². The molecule has 0 radical (unpaired) electrons. The van der Waals surface area contributed by atoms with Gasteiger partial charge in [0.1, 0.15) is 0 Å². The molecule has 0 fully saturated rings. The second kappa shape index (κ2) is 8.15. The lowest BCUT2D eigenvalue weighted by Crippen LogP contribution is -1.94. The van der Waals surface area contributed by atoms with Crippen molar-refractivity contribution < 1.29 is 0 Å². The van der Waals surface area contributed by atoms with Crippen LogP contribution in [0.3, 0.4) is 0 Å². The number of fused-ring (bicyclic) bond motifs is 7. The molecular formula is C40H24. The van der Waals surface area contributed by atoms with Gasteiger partial charge in [0.2, 0.25) is 0 Å². The molecule has 184 valence electrons. The molecule has 0 saturated heterocycles. The zero-order valence-electron chi connectivity index (χ0n) is 21.9. The number of rotatable bonds is 2. The molecule has 9 rings (SSSR count). The van der Waals surface area contributed by atoms with Gasteiger partial charge in [-0.15, -0.1) is 0 Å². The van der Waals surface area contributed by atoms with Crippen molar-refractivity contribution in [2.24, 2.45) is 0 Å². The minimum atomic E-state index is 1.26. The van der Waals surface area contributed by atoms with E-state index >= 15 is 0 Å². The molecule has 8 aromatic rings. The Morgan fingerprint density at radius 1 is 0.275 bits per heavy atom. The van der Waals surface area contributed by atoms with Crippen LogP contribution in [0.25, 0.3) is 87.6 Å². The molecule has 0 heteroatoms. The number of benzene rings is 8. The smallest absolute Gasteiger partial charge is 0.000719 e. The van der Waals surface area contributed by atoms with E-state index < -0.39 is 0 Å². The Bertz CT molecular complexity index is 2290. The van der Waals surface area contributed by atoms with Gasteiger partial charge in [-0.05, 0) is 106 Å². The first kappa shape index (κ1) is 21.7. The van der Waals surface area contributed by atoms with Gasteiger partial charge in [0.25, 0.3) is 0 Å². The molecule has 0 unspecified atom stereocenters. The summed E-state index contributed by atoms with van der Waals surface area (Å²) < 4.78 is 0. The topological polar surface area (TPSA) is 0 Å². The third-order valence-corrected chi connectivity index (χ3v) is 8.72. The van der Waals surface area contributed by atoms with Crippen molar-refractivity contribution in [3.05, 3.63) is 146 Å². The van der Waals surface area contributed by atoms with E-state index in [0.29, 0.717) is 0 Å². The van der Waals surface area contributed by atoms with Crippen molar-refractivity contribution in [3.63, 3.8) is 0 Å². The Balaban J connectivity index is 1.59. The van der Waals surface area contributed by atoms with Gasteiger partial charge >= 0.3 is 0 Å². The van der Waals surface area contributed by atoms with Crippen LogP contribution in [0.15, 0.2) is 146 Å². The maximum atomic E-state index is 2.43. The van der Waals surface area contributed by atoms with Gasteiger partial charge in [-0.1, -0.05) is 127 Å². The molecule has 0 aromatic heterocycles. The summed E-state index contributed by atoms with van der Waals surface area (Å²) in [4.78, 5) is 0. The molecule has 0 bridgehead atoms.